The molecule has 0 unspecified atom stereocenters. The molecule has 3 aromatic carbocycles. The second kappa shape index (κ2) is 9.87. The largest absolute Gasteiger partial charge is 0.417 e. The Hall–Kier alpha value is -4.11. The molecule has 6 nitrogen and oxygen atoms in total. The molecule has 2 N–H and O–H groups in total. The Labute approximate surface area is 205 Å². The Bertz CT molecular complexity index is 1350. The fourth-order valence-electron chi connectivity index (χ4n) is 4.30. The predicted octanol–water partition coefficient (Wildman–Crippen LogP) is 6.26. The first-order chi connectivity index (χ1) is 17.3. The summed E-state index contributed by atoms with van der Waals surface area (Å²) in [4.78, 5) is 22.4. The number of benzene rings is 3. The van der Waals surface area contributed by atoms with Crippen LogP contribution in [0.25, 0.3) is 11.1 Å². The van der Waals surface area contributed by atoms with Crippen molar-refractivity contribution in [2.24, 2.45) is 0 Å². The molecule has 0 aliphatic carbocycles. The van der Waals surface area contributed by atoms with Crippen molar-refractivity contribution in [2.75, 3.05) is 11.9 Å². The number of carbonyl (C=O) groups is 1. The van der Waals surface area contributed by atoms with Crippen LogP contribution in [-0.2, 0) is 25.7 Å². The first-order valence-electron chi connectivity index (χ1n) is 11.4. The molecule has 36 heavy (non-hydrogen) atoms. The van der Waals surface area contributed by atoms with Gasteiger partial charge in [0.1, 0.15) is 11.6 Å². The van der Waals surface area contributed by atoms with E-state index < -0.39 is 17.8 Å². The van der Waals surface area contributed by atoms with E-state index in [0.717, 1.165) is 49.6 Å². The van der Waals surface area contributed by atoms with Crippen LogP contribution in [0.2, 0.25) is 0 Å². The van der Waals surface area contributed by atoms with E-state index in [4.69, 9.17) is 4.74 Å². The van der Waals surface area contributed by atoms with Crippen molar-refractivity contribution in [2.45, 2.75) is 25.7 Å². The number of H-pyrrole nitrogens is 1. The molecule has 0 fully saturated rings. The fourth-order valence-corrected chi connectivity index (χ4v) is 4.30. The molecule has 1 amide bonds. The molecular formula is C27H23F3N4O2. The number of hydrogen-bond donors (Lipinski definition) is 2. The molecule has 0 spiro atoms. The van der Waals surface area contributed by atoms with E-state index in [1.165, 1.54) is 17.7 Å². The topological polar surface area (TPSA) is 70.2 Å². The Morgan fingerprint density at radius 1 is 1.06 bits per heavy atom. The number of nitrogens with zero attached hydrogens (tertiary/aromatic N) is 2. The van der Waals surface area contributed by atoms with Crippen LogP contribution in [0.4, 0.5) is 23.7 Å². The number of anilines is 1. The second-order valence-electron chi connectivity index (χ2n) is 8.57. The maximum absolute atomic E-state index is 12.9. The normalized spacial score (nSPS) is 13.8. The number of alkyl halides is 3. The molecule has 184 valence electrons. The number of aromatic nitrogens is 2. The molecule has 1 aromatic heterocycles. The van der Waals surface area contributed by atoms with E-state index in [1.807, 2.05) is 24.4 Å². The van der Waals surface area contributed by atoms with E-state index >= 15 is 0 Å². The van der Waals surface area contributed by atoms with Crippen molar-refractivity contribution < 1.29 is 22.7 Å². The number of imidazole rings is 1. The van der Waals surface area contributed by atoms with Crippen molar-refractivity contribution in [3.05, 3.63) is 102 Å². The van der Waals surface area contributed by atoms with Crippen molar-refractivity contribution >= 4 is 11.8 Å². The van der Waals surface area contributed by atoms with E-state index in [-0.39, 0.29) is 5.75 Å². The van der Waals surface area contributed by atoms with Crippen LogP contribution >= 0.6 is 0 Å². The zero-order valence-corrected chi connectivity index (χ0v) is 19.2. The first kappa shape index (κ1) is 23.6. The van der Waals surface area contributed by atoms with Gasteiger partial charge in [-0.15, -0.1) is 0 Å². The van der Waals surface area contributed by atoms with Gasteiger partial charge in [-0.2, -0.15) is 13.2 Å². The molecule has 1 aliphatic rings. The summed E-state index contributed by atoms with van der Waals surface area (Å²) in [5.74, 6) is 1.18. The average Bonchev–Trinajstić information content (AvgIpc) is 3.37. The van der Waals surface area contributed by atoms with Gasteiger partial charge in [-0.25, -0.2) is 9.78 Å². The first-order valence-corrected chi connectivity index (χ1v) is 11.4. The van der Waals surface area contributed by atoms with Crippen LogP contribution in [0.3, 0.4) is 0 Å². The van der Waals surface area contributed by atoms with Crippen LogP contribution in [0, 0.1) is 0 Å². The van der Waals surface area contributed by atoms with Gasteiger partial charge in [-0.05, 0) is 53.4 Å². The predicted molar refractivity (Wildman–Crippen MR) is 129 cm³/mol. The lowest BCUT2D eigenvalue weighted by Gasteiger charge is -2.28. The highest BCUT2D eigenvalue weighted by atomic mass is 19.4. The zero-order valence-electron chi connectivity index (χ0n) is 19.2. The Balaban J connectivity index is 1.25. The Morgan fingerprint density at radius 2 is 1.86 bits per heavy atom. The minimum atomic E-state index is -4.42. The lowest BCUT2D eigenvalue weighted by Crippen LogP contribution is -2.30. The van der Waals surface area contributed by atoms with E-state index in [2.05, 4.69) is 20.2 Å². The summed E-state index contributed by atoms with van der Waals surface area (Å²) in [6, 6.07) is 17.2. The maximum Gasteiger partial charge on any atom is 0.417 e. The summed E-state index contributed by atoms with van der Waals surface area (Å²) in [6.45, 7) is 2.42. The highest BCUT2D eigenvalue weighted by Gasteiger charge is 2.30. The number of carbonyl (C=O) groups excluding carboxylic acids is 1. The quantitative estimate of drug-likeness (QED) is 0.345. The number of aromatic amines is 1. The smallest absolute Gasteiger partial charge is 0.409 e. The standard InChI is InChI=1S/C27H23F3N4O2/c28-27(29,30)21-8-5-18(6-9-21)23-3-1-2-4-24(23)36-26(35)33-22-10-7-20-16-34(14-11-19(20)15-22)17-25-31-12-13-32-25/h1-10,12-13,15H,11,14,16-17H2,(H,31,32)(H,33,35). The summed E-state index contributed by atoms with van der Waals surface area (Å²) in [6.07, 6.45) is -0.693. The lowest BCUT2D eigenvalue weighted by molar-refractivity contribution is -0.137. The highest BCUT2D eigenvalue weighted by Crippen LogP contribution is 2.34. The van der Waals surface area contributed by atoms with Crippen molar-refractivity contribution in [3.63, 3.8) is 0 Å². The molecule has 0 saturated carbocycles. The van der Waals surface area contributed by atoms with Gasteiger partial charge in [-0.3, -0.25) is 10.2 Å². The zero-order chi connectivity index (χ0) is 25.1. The summed E-state index contributed by atoms with van der Waals surface area (Å²) in [5.41, 5.74) is 3.26. The van der Waals surface area contributed by atoms with Gasteiger partial charge >= 0.3 is 12.3 Å². The maximum atomic E-state index is 12.9. The number of amides is 1. The third-order valence-corrected chi connectivity index (χ3v) is 6.09. The summed E-state index contributed by atoms with van der Waals surface area (Å²) >= 11 is 0. The molecule has 1 aliphatic heterocycles. The number of halogens is 3. The molecule has 0 bridgehead atoms. The monoisotopic (exact) mass is 492 g/mol. The molecule has 9 heteroatoms. The number of rotatable bonds is 5. The summed E-state index contributed by atoms with van der Waals surface area (Å²) in [5, 5.41) is 2.76. The molecule has 0 saturated heterocycles. The van der Waals surface area contributed by atoms with Crippen LogP contribution in [0.1, 0.15) is 22.5 Å². The number of ether oxygens (including phenoxy) is 1. The number of nitrogens with one attached hydrogen (secondary N) is 2. The van der Waals surface area contributed by atoms with Gasteiger partial charge in [0.05, 0.1) is 12.1 Å². The fraction of sp³-hybridized carbons (Fsp3) is 0.185. The molecule has 0 radical (unpaired) electrons. The van der Waals surface area contributed by atoms with E-state index in [1.54, 1.807) is 30.5 Å². The summed E-state index contributed by atoms with van der Waals surface area (Å²) in [7, 11) is 0. The summed E-state index contributed by atoms with van der Waals surface area (Å²) < 4.78 is 44.2. The average molecular weight is 493 g/mol. The van der Waals surface area contributed by atoms with Crippen LogP contribution in [0.15, 0.2) is 79.1 Å². The lowest BCUT2D eigenvalue weighted by atomic mass is 9.99. The number of hydrogen-bond acceptors (Lipinski definition) is 4. The minimum absolute atomic E-state index is 0.251. The van der Waals surface area contributed by atoms with Gasteiger partial charge in [0, 0.05) is 36.7 Å². The molecule has 0 atom stereocenters. The molecule has 2 heterocycles. The number of fused-ring (bicyclic) bond motifs is 1. The Kier molecular flexibility index (Phi) is 6.47. The molecule has 4 aromatic rings. The van der Waals surface area contributed by atoms with E-state index in [0.29, 0.717) is 16.8 Å². The highest BCUT2D eigenvalue weighted by molar-refractivity contribution is 5.88. The van der Waals surface area contributed by atoms with Gasteiger partial charge in [0.25, 0.3) is 0 Å². The van der Waals surface area contributed by atoms with Crippen LogP contribution in [-0.4, -0.2) is 27.5 Å². The van der Waals surface area contributed by atoms with Gasteiger partial charge in [-0.1, -0.05) is 36.4 Å². The van der Waals surface area contributed by atoms with Gasteiger partial charge in [0.2, 0.25) is 0 Å². The van der Waals surface area contributed by atoms with E-state index in [9.17, 15) is 18.0 Å². The SMILES string of the molecule is O=C(Nc1ccc2c(c1)CCN(Cc1ncc[nH]1)C2)Oc1ccccc1-c1ccc(C(F)(F)F)cc1. The molecule has 5 rings (SSSR count). The van der Waals surface area contributed by atoms with Gasteiger partial charge < -0.3 is 9.72 Å². The van der Waals surface area contributed by atoms with Crippen molar-refractivity contribution in [1.82, 2.24) is 14.9 Å². The van der Waals surface area contributed by atoms with Crippen molar-refractivity contribution in [1.29, 1.82) is 0 Å². The third-order valence-electron chi connectivity index (χ3n) is 6.09. The second-order valence-corrected chi connectivity index (χ2v) is 8.57. The van der Waals surface area contributed by atoms with Gasteiger partial charge in [0.15, 0.2) is 0 Å². The van der Waals surface area contributed by atoms with Crippen LogP contribution in [0.5, 0.6) is 5.75 Å². The third kappa shape index (κ3) is 5.41. The van der Waals surface area contributed by atoms with Crippen molar-refractivity contribution in [3.8, 4) is 16.9 Å². The Morgan fingerprint density at radius 3 is 2.61 bits per heavy atom. The molecular weight excluding hydrogens is 469 g/mol. The number of para-hydroxylation sites is 1. The van der Waals surface area contributed by atoms with Crippen LogP contribution < -0.4 is 10.1 Å². The minimum Gasteiger partial charge on any atom is -0.409 e.